The van der Waals surface area contributed by atoms with Crippen LogP contribution >= 0.6 is 12.2 Å². The minimum Gasteiger partial charge on any atom is -0.423 e. The van der Waals surface area contributed by atoms with Crippen LogP contribution in [0.5, 0.6) is 0 Å². The quantitative estimate of drug-likeness (QED) is 0.259. The van der Waals surface area contributed by atoms with E-state index in [0.29, 0.717) is 16.8 Å². The normalized spacial score (nSPS) is 10.4. The SMILES string of the molecule is Cc1ccc(C(=O)NNC(=S)Nc2ccc3c(C)cc(=O)oc3c2)cc1[N+](=O)[O-]. The minimum atomic E-state index is -0.586. The largest absolute Gasteiger partial charge is 0.423 e. The van der Waals surface area contributed by atoms with E-state index in [1.807, 2.05) is 6.92 Å². The Morgan fingerprint density at radius 1 is 1.07 bits per heavy atom. The van der Waals surface area contributed by atoms with Crippen molar-refractivity contribution in [3.8, 4) is 0 Å². The molecule has 0 fully saturated rings. The van der Waals surface area contributed by atoms with Gasteiger partial charge in [0.15, 0.2) is 5.11 Å². The first kappa shape index (κ1) is 20.0. The number of nitrogens with zero attached hydrogens (tertiary/aromatic N) is 1. The summed E-state index contributed by atoms with van der Waals surface area (Å²) in [6, 6.07) is 10.7. The number of benzene rings is 2. The zero-order valence-electron chi connectivity index (χ0n) is 15.4. The van der Waals surface area contributed by atoms with Crippen LogP contribution in [0, 0.1) is 24.0 Å². The molecule has 1 amide bonds. The summed E-state index contributed by atoms with van der Waals surface area (Å²) in [5.41, 5.74) is 6.60. The number of aryl methyl sites for hydroxylation is 2. The molecule has 0 aliphatic rings. The number of hydrogen-bond acceptors (Lipinski definition) is 6. The summed E-state index contributed by atoms with van der Waals surface area (Å²) in [6.07, 6.45) is 0. The van der Waals surface area contributed by atoms with E-state index in [1.54, 1.807) is 25.1 Å². The lowest BCUT2D eigenvalue weighted by atomic mass is 10.1. The average molecular weight is 412 g/mol. The van der Waals surface area contributed by atoms with Gasteiger partial charge in [-0.15, -0.1) is 0 Å². The van der Waals surface area contributed by atoms with Crippen molar-refractivity contribution in [2.45, 2.75) is 13.8 Å². The summed E-state index contributed by atoms with van der Waals surface area (Å²) < 4.78 is 5.18. The highest BCUT2D eigenvalue weighted by Crippen LogP contribution is 2.21. The molecule has 1 heterocycles. The van der Waals surface area contributed by atoms with Gasteiger partial charge in [0.1, 0.15) is 5.58 Å². The summed E-state index contributed by atoms with van der Waals surface area (Å²) in [7, 11) is 0. The first-order valence-electron chi connectivity index (χ1n) is 8.41. The van der Waals surface area contributed by atoms with Gasteiger partial charge in [0, 0.05) is 40.4 Å². The lowest BCUT2D eigenvalue weighted by Gasteiger charge is -2.12. The molecule has 0 bridgehead atoms. The van der Waals surface area contributed by atoms with Gasteiger partial charge >= 0.3 is 5.63 Å². The first-order valence-corrected chi connectivity index (χ1v) is 8.82. The molecule has 3 aromatic rings. The molecular weight excluding hydrogens is 396 g/mol. The zero-order valence-corrected chi connectivity index (χ0v) is 16.3. The third-order valence-corrected chi connectivity index (χ3v) is 4.37. The van der Waals surface area contributed by atoms with Crippen LogP contribution in [-0.2, 0) is 0 Å². The lowest BCUT2D eigenvalue weighted by Crippen LogP contribution is -2.43. The van der Waals surface area contributed by atoms with Crippen LogP contribution in [0.2, 0.25) is 0 Å². The van der Waals surface area contributed by atoms with E-state index in [0.717, 1.165) is 10.9 Å². The molecule has 0 aliphatic heterocycles. The number of fused-ring (bicyclic) bond motifs is 1. The van der Waals surface area contributed by atoms with Crippen molar-refractivity contribution in [1.82, 2.24) is 10.9 Å². The van der Waals surface area contributed by atoms with Crippen molar-refractivity contribution in [3.63, 3.8) is 0 Å². The Hall–Kier alpha value is -3.79. The van der Waals surface area contributed by atoms with Gasteiger partial charge in [-0.05, 0) is 49.8 Å². The Labute approximate surface area is 169 Å². The van der Waals surface area contributed by atoms with E-state index in [4.69, 9.17) is 16.6 Å². The van der Waals surface area contributed by atoms with Crippen LogP contribution in [0.4, 0.5) is 11.4 Å². The van der Waals surface area contributed by atoms with Crippen molar-refractivity contribution in [2.75, 3.05) is 5.32 Å². The number of nitro benzene ring substituents is 1. The predicted octanol–water partition coefficient (Wildman–Crippen LogP) is 2.95. The summed E-state index contributed by atoms with van der Waals surface area (Å²) in [5.74, 6) is -0.586. The van der Waals surface area contributed by atoms with Crippen molar-refractivity contribution < 1.29 is 14.1 Å². The molecule has 0 saturated heterocycles. The number of nitro groups is 1. The Morgan fingerprint density at radius 2 is 1.83 bits per heavy atom. The summed E-state index contributed by atoms with van der Waals surface area (Å²) in [6.45, 7) is 3.40. The van der Waals surface area contributed by atoms with Crippen molar-refractivity contribution in [3.05, 3.63) is 79.7 Å². The van der Waals surface area contributed by atoms with E-state index < -0.39 is 16.5 Å². The molecule has 3 rings (SSSR count). The summed E-state index contributed by atoms with van der Waals surface area (Å²) in [5, 5.41) is 14.7. The lowest BCUT2D eigenvalue weighted by molar-refractivity contribution is -0.385. The van der Waals surface area contributed by atoms with Crippen LogP contribution in [0.15, 0.2) is 51.7 Å². The van der Waals surface area contributed by atoms with E-state index in [1.165, 1.54) is 24.3 Å². The highest BCUT2D eigenvalue weighted by atomic mass is 32.1. The summed E-state index contributed by atoms with van der Waals surface area (Å²) >= 11 is 5.13. The molecule has 0 aliphatic carbocycles. The standard InChI is InChI=1S/C19H16N4O5S/c1-10-3-4-12(8-15(10)23(26)27)18(25)21-22-19(29)20-13-5-6-14-11(2)7-17(24)28-16(14)9-13/h3-9H,1-2H3,(H,21,25)(H2,20,22,29). The van der Waals surface area contributed by atoms with Gasteiger partial charge in [-0.3, -0.25) is 25.8 Å². The van der Waals surface area contributed by atoms with Gasteiger partial charge in [-0.1, -0.05) is 6.07 Å². The van der Waals surface area contributed by atoms with Gasteiger partial charge in [-0.25, -0.2) is 4.79 Å². The molecule has 0 spiro atoms. The van der Waals surface area contributed by atoms with Crippen molar-refractivity contribution in [2.24, 2.45) is 0 Å². The maximum absolute atomic E-state index is 12.2. The molecule has 3 N–H and O–H groups in total. The second kappa shape index (κ2) is 8.07. The van der Waals surface area contributed by atoms with Crippen LogP contribution in [0.1, 0.15) is 21.5 Å². The Balaban J connectivity index is 1.66. The minimum absolute atomic E-state index is 0.0781. The maximum atomic E-state index is 12.2. The van der Waals surface area contributed by atoms with Crippen molar-refractivity contribution in [1.29, 1.82) is 0 Å². The number of nitrogens with one attached hydrogen (secondary N) is 3. The maximum Gasteiger partial charge on any atom is 0.336 e. The zero-order chi connectivity index (χ0) is 21.1. The number of carbonyl (C=O) groups excluding carboxylic acids is 1. The average Bonchev–Trinajstić information content (AvgIpc) is 2.65. The molecule has 2 aromatic carbocycles. The van der Waals surface area contributed by atoms with Gasteiger partial charge in [-0.2, -0.15) is 0 Å². The van der Waals surface area contributed by atoms with Crippen LogP contribution in [0.25, 0.3) is 11.0 Å². The topological polar surface area (TPSA) is 127 Å². The third kappa shape index (κ3) is 4.55. The molecule has 0 atom stereocenters. The molecule has 1 aromatic heterocycles. The molecule has 9 nitrogen and oxygen atoms in total. The number of hydrogen-bond donors (Lipinski definition) is 3. The van der Waals surface area contributed by atoms with E-state index in [9.17, 15) is 19.7 Å². The molecule has 0 radical (unpaired) electrons. The molecular formula is C19H16N4O5S. The molecule has 10 heteroatoms. The van der Waals surface area contributed by atoms with Gasteiger partial charge in [0.05, 0.1) is 4.92 Å². The van der Waals surface area contributed by atoms with Gasteiger partial charge in [0.25, 0.3) is 11.6 Å². The molecule has 0 unspecified atom stereocenters. The fourth-order valence-corrected chi connectivity index (χ4v) is 2.87. The Bertz CT molecular complexity index is 1200. The highest BCUT2D eigenvalue weighted by molar-refractivity contribution is 7.80. The second-order valence-electron chi connectivity index (χ2n) is 6.25. The first-order chi connectivity index (χ1) is 13.7. The van der Waals surface area contributed by atoms with E-state index in [-0.39, 0.29) is 16.4 Å². The fraction of sp³-hybridized carbons (Fsp3) is 0.105. The number of carbonyl (C=O) groups is 1. The molecule has 29 heavy (non-hydrogen) atoms. The van der Waals surface area contributed by atoms with Gasteiger partial charge in [0.2, 0.25) is 0 Å². The smallest absolute Gasteiger partial charge is 0.336 e. The number of hydrazine groups is 1. The predicted molar refractivity (Wildman–Crippen MR) is 112 cm³/mol. The van der Waals surface area contributed by atoms with E-state index >= 15 is 0 Å². The van der Waals surface area contributed by atoms with Gasteiger partial charge < -0.3 is 9.73 Å². The van der Waals surface area contributed by atoms with E-state index in [2.05, 4.69) is 16.2 Å². The van der Waals surface area contributed by atoms with Crippen LogP contribution < -0.4 is 21.8 Å². The third-order valence-electron chi connectivity index (χ3n) is 4.17. The fourth-order valence-electron chi connectivity index (χ4n) is 2.70. The van der Waals surface area contributed by atoms with Crippen LogP contribution in [-0.4, -0.2) is 15.9 Å². The Kier molecular flexibility index (Phi) is 5.55. The number of amides is 1. The van der Waals surface area contributed by atoms with Crippen molar-refractivity contribution >= 4 is 45.6 Å². The number of rotatable bonds is 3. The number of anilines is 1. The number of thiocarbonyl (C=S) groups is 1. The monoisotopic (exact) mass is 412 g/mol. The Morgan fingerprint density at radius 3 is 2.55 bits per heavy atom. The van der Waals surface area contributed by atoms with Crippen LogP contribution in [0.3, 0.4) is 0 Å². The molecule has 0 saturated carbocycles. The summed E-state index contributed by atoms with van der Waals surface area (Å²) in [4.78, 5) is 34.2. The molecule has 148 valence electrons. The highest BCUT2D eigenvalue weighted by Gasteiger charge is 2.15. The second-order valence-corrected chi connectivity index (χ2v) is 6.66.